The summed E-state index contributed by atoms with van der Waals surface area (Å²) in [5, 5.41) is 0.439. The highest BCUT2D eigenvalue weighted by molar-refractivity contribution is 6.33. The molecular formula is C8H3Cl3N4. The molecule has 0 aliphatic heterocycles. The molecule has 0 N–H and O–H groups in total. The highest BCUT2D eigenvalue weighted by Crippen LogP contribution is 2.23. The number of pyridine rings is 1. The molecule has 0 unspecified atom stereocenters. The molecule has 2 aromatic heterocycles. The topological polar surface area (TPSA) is 51.6 Å². The van der Waals surface area contributed by atoms with Gasteiger partial charge in [-0.2, -0.15) is 15.0 Å². The van der Waals surface area contributed by atoms with E-state index in [9.17, 15) is 0 Å². The van der Waals surface area contributed by atoms with Gasteiger partial charge in [0.05, 0.1) is 5.02 Å². The van der Waals surface area contributed by atoms with E-state index in [1.54, 1.807) is 18.3 Å². The van der Waals surface area contributed by atoms with E-state index < -0.39 is 0 Å². The van der Waals surface area contributed by atoms with Gasteiger partial charge in [-0.15, -0.1) is 0 Å². The van der Waals surface area contributed by atoms with Crippen LogP contribution in [0.25, 0.3) is 11.5 Å². The Balaban J connectivity index is 2.59. The first-order chi connectivity index (χ1) is 7.16. The molecule has 0 saturated heterocycles. The summed E-state index contributed by atoms with van der Waals surface area (Å²) >= 11 is 17.2. The number of rotatable bonds is 1. The standard InChI is InChI=1S/C8H3Cl3N4/c9-4-2-1-3-12-5(4)6-13-7(10)15-8(11)14-6/h1-3H. The minimum atomic E-state index is 0.00622. The Bertz CT molecular complexity index is 483. The molecule has 0 aliphatic rings. The van der Waals surface area contributed by atoms with E-state index in [-0.39, 0.29) is 16.4 Å². The third-order valence-electron chi connectivity index (χ3n) is 1.55. The SMILES string of the molecule is Clc1nc(Cl)nc(-c2ncccc2Cl)n1. The van der Waals surface area contributed by atoms with Crippen LogP contribution in [0.15, 0.2) is 18.3 Å². The highest BCUT2D eigenvalue weighted by Gasteiger charge is 2.10. The molecular weight excluding hydrogens is 258 g/mol. The van der Waals surface area contributed by atoms with Crippen LogP contribution in [0.3, 0.4) is 0 Å². The maximum atomic E-state index is 5.91. The van der Waals surface area contributed by atoms with Gasteiger partial charge in [-0.05, 0) is 35.3 Å². The first-order valence-electron chi connectivity index (χ1n) is 3.85. The molecule has 2 rings (SSSR count). The molecule has 0 amide bonds. The second-order valence-electron chi connectivity index (χ2n) is 2.53. The Morgan fingerprint density at radius 1 is 0.933 bits per heavy atom. The Kier molecular flexibility index (Phi) is 3.00. The second-order valence-corrected chi connectivity index (χ2v) is 3.61. The van der Waals surface area contributed by atoms with Gasteiger partial charge in [0, 0.05) is 6.20 Å². The summed E-state index contributed by atoms with van der Waals surface area (Å²) in [6, 6.07) is 3.38. The van der Waals surface area contributed by atoms with Crippen LogP contribution in [-0.4, -0.2) is 19.9 Å². The van der Waals surface area contributed by atoms with Gasteiger partial charge in [-0.25, -0.2) is 0 Å². The fraction of sp³-hybridized carbons (Fsp3) is 0. The quantitative estimate of drug-likeness (QED) is 0.792. The summed E-state index contributed by atoms with van der Waals surface area (Å²) in [4.78, 5) is 15.4. The molecule has 0 aliphatic carbocycles. The van der Waals surface area contributed by atoms with Crippen molar-refractivity contribution in [1.82, 2.24) is 19.9 Å². The monoisotopic (exact) mass is 260 g/mol. The van der Waals surface area contributed by atoms with Crippen LogP contribution in [0.4, 0.5) is 0 Å². The van der Waals surface area contributed by atoms with Crippen LogP contribution >= 0.6 is 34.8 Å². The lowest BCUT2D eigenvalue weighted by Gasteiger charge is -2.01. The average Bonchev–Trinajstić information content (AvgIpc) is 2.16. The molecule has 7 heteroatoms. The molecule has 0 atom stereocenters. The second kappa shape index (κ2) is 4.26. The summed E-state index contributed by atoms with van der Waals surface area (Å²) in [6.07, 6.45) is 1.58. The minimum absolute atomic E-state index is 0.00622. The van der Waals surface area contributed by atoms with Crippen LogP contribution in [-0.2, 0) is 0 Å². The highest BCUT2D eigenvalue weighted by atomic mass is 35.5. The van der Waals surface area contributed by atoms with E-state index >= 15 is 0 Å². The van der Waals surface area contributed by atoms with Crippen LogP contribution in [0.1, 0.15) is 0 Å². The molecule has 2 heterocycles. The van der Waals surface area contributed by atoms with Gasteiger partial charge in [0.1, 0.15) is 5.69 Å². The van der Waals surface area contributed by atoms with Crippen molar-refractivity contribution < 1.29 is 0 Å². The Morgan fingerprint density at radius 2 is 1.60 bits per heavy atom. The molecule has 4 nitrogen and oxygen atoms in total. The largest absolute Gasteiger partial charge is 0.251 e. The summed E-state index contributed by atoms with van der Waals surface area (Å²) in [5.41, 5.74) is 0.422. The number of nitrogens with zero attached hydrogens (tertiary/aromatic N) is 4. The maximum absolute atomic E-state index is 5.91. The fourth-order valence-corrected chi connectivity index (χ4v) is 1.55. The van der Waals surface area contributed by atoms with Gasteiger partial charge < -0.3 is 0 Å². The van der Waals surface area contributed by atoms with Crippen molar-refractivity contribution in [1.29, 1.82) is 0 Å². The predicted molar refractivity (Wildman–Crippen MR) is 58.1 cm³/mol. The average molecular weight is 261 g/mol. The molecule has 0 aromatic carbocycles. The smallest absolute Gasteiger partial charge is 0.227 e. The van der Waals surface area contributed by atoms with Crippen molar-refractivity contribution in [2.45, 2.75) is 0 Å². The summed E-state index contributed by atoms with van der Waals surface area (Å²) < 4.78 is 0. The van der Waals surface area contributed by atoms with Crippen molar-refractivity contribution in [2.75, 3.05) is 0 Å². The van der Waals surface area contributed by atoms with Crippen LogP contribution < -0.4 is 0 Å². The summed E-state index contributed by atoms with van der Waals surface area (Å²) in [5.74, 6) is 0.255. The van der Waals surface area contributed by atoms with E-state index in [2.05, 4.69) is 19.9 Å². The molecule has 2 aromatic rings. The van der Waals surface area contributed by atoms with E-state index in [1.165, 1.54) is 0 Å². The van der Waals surface area contributed by atoms with Crippen molar-refractivity contribution in [2.24, 2.45) is 0 Å². The third-order valence-corrected chi connectivity index (χ3v) is 2.19. The first kappa shape index (κ1) is 10.5. The van der Waals surface area contributed by atoms with E-state index in [0.29, 0.717) is 10.7 Å². The maximum Gasteiger partial charge on any atom is 0.227 e. The van der Waals surface area contributed by atoms with Gasteiger partial charge in [0.2, 0.25) is 10.6 Å². The lowest BCUT2D eigenvalue weighted by molar-refractivity contribution is 1.04. The lowest BCUT2D eigenvalue weighted by atomic mass is 10.3. The fourth-order valence-electron chi connectivity index (χ4n) is 0.982. The van der Waals surface area contributed by atoms with Gasteiger partial charge in [0.25, 0.3) is 0 Å². The van der Waals surface area contributed by atoms with Crippen molar-refractivity contribution in [3.63, 3.8) is 0 Å². The molecule has 0 fully saturated rings. The number of halogens is 3. The van der Waals surface area contributed by atoms with Crippen molar-refractivity contribution in [3.8, 4) is 11.5 Å². The van der Waals surface area contributed by atoms with E-state index in [0.717, 1.165) is 0 Å². The Labute approximate surface area is 100 Å². The van der Waals surface area contributed by atoms with Gasteiger partial charge >= 0.3 is 0 Å². The Morgan fingerprint density at radius 3 is 2.20 bits per heavy atom. The number of aromatic nitrogens is 4. The van der Waals surface area contributed by atoms with Crippen LogP contribution in [0.5, 0.6) is 0 Å². The van der Waals surface area contributed by atoms with Gasteiger partial charge in [-0.1, -0.05) is 11.6 Å². The molecule has 0 spiro atoms. The Hall–Kier alpha value is -0.970. The van der Waals surface area contributed by atoms with E-state index in [4.69, 9.17) is 34.8 Å². The number of hydrogen-bond donors (Lipinski definition) is 0. The summed E-state index contributed by atoms with van der Waals surface area (Å²) in [7, 11) is 0. The zero-order valence-electron chi connectivity index (χ0n) is 7.15. The summed E-state index contributed by atoms with van der Waals surface area (Å²) in [6.45, 7) is 0. The van der Waals surface area contributed by atoms with E-state index in [1.807, 2.05) is 0 Å². The molecule has 0 saturated carbocycles. The zero-order chi connectivity index (χ0) is 10.8. The normalized spacial score (nSPS) is 10.3. The predicted octanol–water partition coefficient (Wildman–Crippen LogP) is 2.89. The van der Waals surface area contributed by atoms with Crippen molar-refractivity contribution in [3.05, 3.63) is 33.9 Å². The molecule has 0 radical (unpaired) electrons. The van der Waals surface area contributed by atoms with Gasteiger partial charge in [-0.3, -0.25) is 4.98 Å². The minimum Gasteiger partial charge on any atom is -0.251 e. The van der Waals surface area contributed by atoms with Crippen LogP contribution in [0, 0.1) is 0 Å². The molecule has 0 bridgehead atoms. The molecule has 15 heavy (non-hydrogen) atoms. The molecule has 76 valence electrons. The third kappa shape index (κ3) is 2.34. The van der Waals surface area contributed by atoms with Crippen LogP contribution in [0.2, 0.25) is 15.6 Å². The zero-order valence-corrected chi connectivity index (χ0v) is 9.42. The lowest BCUT2D eigenvalue weighted by Crippen LogP contribution is -1.95. The van der Waals surface area contributed by atoms with Gasteiger partial charge in [0.15, 0.2) is 5.82 Å². The van der Waals surface area contributed by atoms with Crippen molar-refractivity contribution >= 4 is 34.8 Å². The number of hydrogen-bond acceptors (Lipinski definition) is 4. The first-order valence-corrected chi connectivity index (χ1v) is 4.98.